The molecule has 2 saturated heterocycles. The molecule has 0 saturated carbocycles. The van der Waals surface area contributed by atoms with Gasteiger partial charge in [-0.15, -0.1) is 0 Å². The molecule has 0 bridgehead atoms. The summed E-state index contributed by atoms with van der Waals surface area (Å²) in [6.07, 6.45) is 3.25. The maximum Gasteiger partial charge on any atom is 0.295 e. The minimum Gasteiger partial charge on any atom is -0.507 e. The van der Waals surface area contributed by atoms with Crippen molar-refractivity contribution in [3.05, 3.63) is 82.9 Å². The molecule has 2 heterocycles. The van der Waals surface area contributed by atoms with Gasteiger partial charge in [-0.25, -0.2) is 0 Å². The van der Waals surface area contributed by atoms with Crippen molar-refractivity contribution in [1.82, 2.24) is 4.90 Å². The van der Waals surface area contributed by atoms with Crippen LogP contribution in [0.4, 0.5) is 0 Å². The number of hydrogen-bond acceptors (Lipinski definition) is 5. The number of aliphatic hydroxyl groups excluding tert-OH is 1. The molecule has 2 unspecified atom stereocenters. The van der Waals surface area contributed by atoms with Crippen LogP contribution in [0.25, 0.3) is 5.76 Å². The molecule has 2 fully saturated rings. The van der Waals surface area contributed by atoms with Gasteiger partial charge in [0.25, 0.3) is 11.7 Å². The Morgan fingerprint density at radius 3 is 2.53 bits per heavy atom. The van der Waals surface area contributed by atoms with Crippen molar-refractivity contribution in [3.63, 3.8) is 0 Å². The molecule has 0 radical (unpaired) electrons. The van der Waals surface area contributed by atoms with E-state index in [1.54, 1.807) is 54.6 Å². The highest BCUT2D eigenvalue weighted by molar-refractivity contribution is 6.46. The Morgan fingerprint density at radius 2 is 1.91 bits per heavy atom. The van der Waals surface area contributed by atoms with Crippen molar-refractivity contribution in [2.45, 2.75) is 25.0 Å². The monoisotopic (exact) mass is 453 g/mol. The van der Waals surface area contributed by atoms with Gasteiger partial charge in [-0.3, -0.25) is 9.59 Å². The molecular weight excluding hydrogens is 430 g/mol. The van der Waals surface area contributed by atoms with Crippen molar-refractivity contribution in [2.75, 3.05) is 19.8 Å². The molecule has 2 aromatic rings. The summed E-state index contributed by atoms with van der Waals surface area (Å²) in [6, 6.07) is 12.9. The minimum atomic E-state index is -0.733. The SMILES string of the molecule is C=CCOc1ccc(C2C(=C(O)c3ccc(Cl)cc3)C(=O)C(=O)N2CC2CCCO2)cc1. The van der Waals surface area contributed by atoms with Gasteiger partial charge in [0.1, 0.15) is 18.1 Å². The first-order valence-corrected chi connectivity index (χ1v) is 10.9. The minimum absolute atomic E-state index is 0.0510. The number of Topliss-reactive ketones (excluding diaryl/α,β-unsaturated/α-hetero) is 1. The van der Waals surface area contributed by atoms with Crippen molar-refractivity contribution < 1.29 is 24.2 Å². The topological polar surface area (TPSA) is 76.1 Å². The number of amides is 1. The smallest absolute Gasteiger partial charge is 0.295 e. The van der Waals surface area contributed by atoms with E-state index in [-0.39, 0.29) is 24.0 Å². The maximum absolute atomic E-state index is 13.1. The summed E-state index contributed by atoms with van der Waals surface area (Å²) >= 11 is 5.96. The molecule has 7 heteroatoms. The third kappa shape index (κ3) is 4.42. The molecule has 4 rings (SSSR count). The predicted molar refractivity (Wildman–Crippen MR) is 122 cm³/mol. The Bertz CT molecular complexity index is 1040. The van der Waals surface area contributed by atoms with E-state index < -0.39 is 17.7 Å². The second-order valence-corrected chi connectivity index (χ2v) is 8.20. The molecule has 2 aromatic carbocycles. The lowest BCUT2D eigenvalue weighted by molar-refractivity contribution is -0.140. The van der Waals surface area contributed by atoms with Gasteiger partial charge in [-0.1, -0.05) is 36.4 Å². The lowest BCUT2D eigenvalue weighted by Gasteiger charge is -2.27. The molecular formula is C25H24ClNO5. The van der Waals surface area contributed by atoms with Gasteiger partial charge in [0.2, 0.25) is 0 Å². The number of nitrogens with zero attached hydrogens (tertiary/aromatic N) is 1. The van der Waals surface area contributed by atoms with Gasteiger partial charge < -0.3 is 19.5 Å². The van der Waals surface area contributed by atoms with Crippen molar-refractivity contribution in [2.24, 2.45) is 0 Å². The zero-order valence-corrected chi connectivity index (χ0v) is 18.3. The van der Waals surface area contributed by atoms with Crippen LogP contribution in [0.5, 0.6) is 5.75 Å². The second-order valence-electron chi connectivity index (χ2n) is 7.76. The van der Waals surface area contributed by atoms with Gasteiger partial charge >= 0.3 is 0 Å². The first-order chi connectivity index (χ1) is 15.5. The van der Waals surface area contributed by atoms with E-state index in [0.717, 1.165) is 12.8 Å². The lowest BCUT2D eigenvalue weighted by Crippen LogP contribution is -2.36. The molecule has 2 atom stereocenters. The van der Waals surface area contributed by atoms with E-state index in [9.17, 15) is 14.7 Å². The number of ether oxygens (including phenoxy) is 2. The van der Waals surface area contributed by atoms with E-state index in [1.165, 1.54) is 4.90 Å². The third-order valence-electron chi connectivity index (χ3n) is 5.65. The number of rotatable bonds is 7. The summed E-state index contributed by atoms with van der Waals surface area (Å²) in [5.74, 6) is -0.949. The highest BCUT2D eigenvalue weighted by atomic mass is 35.5. The molecule has 6 nitrogen and oxygen atoms in total. The zero-order valence-electron chi connectivity index (χ0n) is 17.5. The summed E-state index contributed by atoms with van der Waals surface area (Å²) in [6.45, 7) is 4.92. The van der Waals surface area contributed by atoms with Crippen LogP contribution in [0.1, 0.15) is 30.0 Å². The van der Waals surface area contributed by atoms with Crippen LogP contribution in [0.15, 0.2) is 66.8 Å². The van der Waals surface area contributed by atoms with E-state index in [1.807, 2.05) is 0 Å². The molecule has 2 aliphatic rings. The first-order valence-electron chi connectivity index (χ1n) is 10.5. The lowest BCUT2D eigenvalue weighted by atomic mass is 9.95. The molecule has 166 valence electrons. The van der Waals surface area contributed by atoms with E-state index in [2.05, 4.69) is 6.58 Å². The number of ketones is 1. The number of benzene rings is 2. The van der Waals surface area contributed by atoms with Crippen LogP contribution in [-0.4, -0.2) is 47.6 Å². The summed E-state index contributed by atoms with van der Waals surface area (Å²) < 4.78 is 11.3. The quantitative estimate of drug-likeness (QED) is 0.289. The first kappa shape index (κ1) is 22.1. The number of carbonyl (C=O) groups is 2. The molecule has 1 amide bonds. The fourth-order valence-corrected chi connectivity index (χ4v) is 4.21. The summed E-state index contributed by atoms with van der Waals surface area (Å²) in [4.78, 5) is 27.6. The largest absolute Gasteiger partial charge is 0.507 e. The number of halogens is 1. The van der Waals surface area contributed by atoms with E-state index in [4.69, 9.17) is 21.1 Å². The Hall–Kier alpha value is -3.09. The average molecular weight is 454 g/mol. The van der Waals surface area contributed by atoms with Crippen LogP contribution in [-0.2, 0) is 14.3 Å². The van der Waals surface area contributed by atoms with Crippen molar-refractivity contribution in [3.8, 4) is 5.75 Å². The Kier molecular flexibility index (Phi) is 6.63. The van der Waals surface area contributed by atoms with Crippen LogP contribution in [0.3, 0.4) is 0 Å². The Labute approximate surface area is 191 Å². The van der Waals surface area contributed by atoms with E-state index in [0.29, 0.717) is 35.1 Å². The van der Waals surface area contributed by atoms with Gasteiger partial charge in [0, 0.05) is 23.7 Å². The standard InChI is InChI=1S/C25H24ClNO5/c1-2-13-31-19-11-7-16(8-12-19)22-21(23(28)17-5-9-18(26)10-6-17)24(29)25(30)27(22)15-20-4-3-14-32-20/h2,5-12,20,22,28H,1,3-4,13-15H2. The molecule has 1 N–H and O–H groups in total. The maximum atomic E-state index is 13.1. The fourth-order valence-electron chi connectivity index (χ4n) is 4.09. The molecule has 0 aromatic heterocycles. The van der Waals surface area contributed by atoms with Crippen LogP contribution in [0, 0.1) is 0 Å². The third-order valence-corrected chi connectivity index (χ3v) is 5.90. The molecule has 0 spiro atoms. The Morgan fingerprint density at radius 1 is 1.19 bits per heavy atom. The van der Waals surface area contributed by atoms with Gasteiger partial charge in [-0.05, 0) is 54.8 Å². The molecule has 2 aliphatic heterocycles. The fraction of sp³-hybridized carbons (Fsp3) is 0.280. The van der Waals surface area contributed by atoms with Crippen LogP contribution < -0.4 is 4.74 Å². The predicted octanol–water partition coefficient (Wildman–Crippen LogP) is 4.51. The Balaban J connectivity index is 1.76. The average Bonchev–Trinajstić information content (AvgIpc) is 3.40. The van der Waals surface area contributed by atoms with Crippen molar-refractivity contribution in [1.29, 1.82) is 0 Å². The van der Waals surface area contributed by atoms with Crippen LogP contribution >= 0.6 is 11.6 Å². The highest BCUT2D eigenvalue weighted by Gasteiger charge is 2.47. The normalized spacial score (nSPS) is 22.3. The summed E-state index contributed by atoms with van der Waals surface area (Å²) in [7, 11) is 0. The molecule has 32 heavy (non-hydrogen) atoms. The number of hydrogen-bond donors (Lipinski definition) is 1. The number of aliphatic hydroxyl groups is 1. The zero-order chi connectivity index (χ0) is 22.7. The van der Waals surface area contributed by atoms with Gasteiger partial charge in [-0.2, -0.15) is 0 Å². The summed E-state index contributed by atoms with van der Waals surface area (Å²) in [5.41, 5.74) is 1.17. The van der Waals surface area contributed by atoms with E-state index >= 15 is 0 Å². The highest BCUT2D eigenvalue weighted by Crippen LogP contribution is 2.40. The van der Waals surface area contributed by atoms with Crippen molar-refractivity contribution >= 4 is 29.1 Å². The van der Waals surface area contributed by atoms with Crippen LogP contribution in [0.2, 0.25) is 5.02 Å². The van der Waals surface area contributed by atoms with Gasteiger partial charge in [0.15, 0.2) is 0 Å². The second kappa shape index (κ2) is 9.59. The van der Waals surface area contributed by atoms with Gasteiger partial charge in [0.05, 0.1) is 17.7 Å². The summed E-state index contributed by atoms with van der Waals surface area (Å²) in [5, 5.41) is 11.6. The number of likely N-dealkylation sites (tertiary alicyclic amines) is 1. The number of carbonyl (C=O) groups excluding carboxylic acids is 2. The molecule has 0 aliphatic carbocycles.